The molecule has 140 valence electrons. The van der Waals surface area contributed by atoms with Crippen molar-refractivity contribution >= 4 is 28.9 Å². The Labute approximate surface area is 158 Å². The fourth-order valence-corrected chi connectivity index (χ4v) is 4.45. The van der Waals surface area contributed by atoms with Crippen LogP contribution in [0.5, 0.6) is 0 Å². The molecule has 0 spiro atoms. The number of carboxylic acids is 1. The minimum absolute atomic E-state index is 0.00509. The van der Waals surface area contributed by atoms with E-state index in [-0.39, 0.29) is 29.8 Å². The monoisotopic (exact) mass is 387 g/mol. The third kappa shape index (κ3) is 3.42. The van der Waals surface area contributed by atoms with Gasteiger partial charge >= 0.3 is 5.97 Å². The number of hydrogen-bond acceptors (Lipinski definition) is 6. The normalized spacial score (nSPS) is 22.0. The number of benzene rings is 1. The van der Waals surface area contributed by atoms with Gasteiger partial charge in [-0.25, -0.2) is 4.98 Å². The fraction of sp³-hybridized carbons (Fsp3) is 0.389. The number of likely N-dealkylation sites (tertiary alicyclic amines) is 1. The Bertz CT molecular complexity index is 906. The number of rotatable bonds is 5. The first kappa shape index (κ1) is 17.6. The van der Waals surface area contributed by atoms with Gasteiger partial charge in [0.15, 0.2) is 0 Å². The number of hydrogen-bond donors (Lipinski definition) is 1. The zero-order valence-corrected chi connectivity index (χ0v) is 15.1. The molecule has 1 amide bonds. The highest BCUT2D eigenvalue weighted by Crippen LogP contribution is 2.44. The predicted molar refractivity (Wildman–Crippen MR) is 97.4 cm³/mol. The molecule has 9 heteroatoms. The molecule has 2 heterocycles. The number of carbonyl (C=O) groups is 2. The lowest BCUT2D eigenvalue weighted by Gasteiger charge is -2.14. The second-order valence-electron chi connectivity index (χ2n) is 7.00. The van der Waals surface area contributed by atoms with Gasteiger partial charge in [-0.3, -0.25) is 19.7 Å². The molecule has 1 aliphatic heterocycles. The highest BCUT2D eigenvalue weighted by atomic mass is 32.1. The molecule has 2 fully saturated rings. The molecular formula is C18H17N3O5S. The molecule has 1 aliphatic carbocycles. The van der Waals surface area contributed by atoms with Gasteiger partial charge in [0.05, 0.1) is 10.8 Å². The second kappa shape index (κ2) is 6.73. The lowest BCUT2D eigenvalue weighted by atomic mass is 9.92. The first-order valence-electron chi connectivity index (χ1n) is 8.66. The van der Waals surface area contributed by atoms with Crippen molar-refractivity contribution in [2.45, 2.75) is 12.8 Å². The first-order valence-corrected chi connectivity index (χ1v) is 9.54. The molecule has 2 atom stereocenters. The van der Waals surface area contributed by atoms with Gasteiger partial charge < -0.3 is 10.0 Å². The van der Waals surface area contributed by atoms with E-state index in [1.807, 2.05) is 0 Å². The van der Waals surface area contributed by atoms with Gasteiger partial charge in [-0.2, -0.15) is 0 Å². The van der Waals surface area contributed by atoms with Crippen LogP contribution < -0.4 is 0 Å². The number of nitro benzene ring substituents is 1. The molecule has 2 aliphatic rings. The molecule has 8 nitrogen and oxygen atoms in total. The quantitative estimate of drug-likeness (QED) is 0.623. The van der Waals surface area contributed by atoms with Crippen molar-refractivity contribution in [3.63, 3.8) is 0 Å². The van der Waals surface area contributed by atoms with Crippen LogP contribution in [0.3, 0.4) is 0 Å². The Morgan fingerprint density at radius 1 is 1.22 bits per heavy atom. The zero-order valence-electron chi connectivity index (χ0n) is 14.3. The van der Waals surface area contributed by atoms with Crippen molar-refractivity contribution in [2.24, 2.45) is 17.8 Å². The summed E-state index contributed by atoms with van der Waals surface area (Å²) in [6, 6.07) is 6.00. The second-order valence-corrected chi connectivity index (χ2v) is 7.86. The Kier molecular flexibility index (Phi) is 4.39. The molecule has 1 saturated heterocycles. The Morgan fingerprint density at radius 2 is 1.93 bits per heavy atom. The maximum absolute atomic E-state index is 12.8. The van der Waals surface area contributed by atoms with Crippen molar-refractivity contribution in [3.05, 3.63) is 45.5 Å². The summed E-state index contributed by atoms with van der Waals surface area (Å²) in [6.45, 7) is 0.685. The van der Waals surface area contributed by atoms with E-state index in [0.717, 1.165) is 12.8 Å². The molecule has 0 radical (unpaired) electrons. The molecule has 4 rings (SSSR count). The van der Waals surface area contributed by atoms with Crippen molar-refractivity contribution < 1.29 is 19.6 Å². The van der Waals surface area contributed by atoms with Crippen LogP contribution in [0.1, 0.15) is 23.3 Å². The third-order valence-corrected chi connectivity index (χ3v) is 6.14. The first-order chi connectivity index (χ1) is 12.9. The summed E-state index contributed by atoms with van der Waals surface area (Å²) in [5.74, 6) is -1.16. The van der Waals surface area contributed by atoms with Crippen LogP contribution in [0.15, 0.2) is 29.6 Å². The van der Waals surface area contributed by atoms with Crippen molar-refractivity contribution in [2.75, 3.05) is 13.1 Å². The van der Waals surface area contributed by atoms with E-state index in [1.165, 1.54) is 23.5 Å². The van der Waals surface area contributed by atoms with E-state index in [4.69, 9.17) is 0 Å². The molecule has 27 heavy (non-hydrogen) atoms. The van der Waals surface area contributed by atoms with E-state index in [1.54, 1.807) is 22.4 Å². The highest BCUT2D eigenvalue weighted by molar-refractivity contribution is 7.13. The van der Waals surface area contributed by atoms with Crippen molar-refractivity contribution in [1.29, 1.82) is 0 Å². The lowest BCUT2D eigenvalue weighted by Crippen LogP contribution is -2.30. The Morgan fingerprint density at radius 3 is 2.52 bits per heavy atom. The topological polar surface area (TPSA) is 114 Å². The molecule has 0 unspecified atom stereocenters. The molecule has 1 N–H and O–H groups in total. The lowest BCUT2D eigenvalue weighted by molar-refractivity contribution is -0.384. The SMILES string of the molecule is O=C(O)[C@H]1CN(C(=O)c2csc(-c3ccc([N+](=O)[O-])cc3)n2)C[C@@H]1C1CC1. The number of carboxylic acid groups (broad SMARTS) is 1. The van der Waals surface area contributed by atoms with Gasteiger partial charge in [-0.1, -0.05) is 0 Å². The summed E-state index contributed by atoms with van der Waals surface area (Å²) in [6.07, 6.45) is 2.08. The number of carbonyl (C=O) groups excluding carboxylic acids is 1. The van der Waals surface area contributed by atoms with Crippen molar-refractivity contribution in [1.82, 2.24) is 9.88 Å². The van der Waals surface area contributed by atoms with Gasteiger partial charge in [-0.05, 0) is 36.8 Å². The number of amides is 1. The third-order valence-electron chi connectivity index (χ3n) is 5.25. The van der Waals surface area contributed by atoms with E-state index in [9.17, 15) is 24.8 Å². The van der Waals surface area contributed by atoms with Crippen LogP contribution in [0, 0.1) is 27.9 Å². The van der Waals surface area contributed by atoms with Gasteiger partial charge in [0.1, 0.15) is 10.7 Å². The maximum Gasteiger partial charge on any atom is 0.308 e. The van der Waals surface area contributed by atoms with Gasteiger partial charge in [0, 0.05) is 36.2 Å². The largest absolute Gasteiger partial charge is 0.481 e. The number of non-ortho nitro benzene ring substituents is 1. The summed E-state index contributed by atoms with van der Waals surface area (Å²) < 4.78 is 0. The predicted octanol–water partition coefficient (Wildman–Crippen LogP) is 2.90. The molecule has 1 aromatic heterocycles. The highest BCUT2D eigenvalue weighted by Gasteiger charge is 2.47. The number of nitrogens with zero attached hydrogens (tertiary/aromatic N) is 3. The summed E-state index contributed by atoms with van der Waals surface area (Å²) in [4.78, 5) is 40.5. The van der Waals surface area contributed by atoms with Crippen LogP contribution in [0.4, 0.5) is 5.69 Å². The van der Waals surface area contributed by atoms with Crippen LogP contribution in [0.25, 0.3) is 10.6 Å². The standard InChI is InChI=1S/C18H17N3O5S/c22-17(20-7-13(10-1-2-10)14(8-20)18(23)24)15-9-27-16(19-15)11-3-5-12(6-4-11)21(25)26/h3-6,9-10,13-14H,1-2,7-8H2,(H,23,24)/t13-,14+/m1/s1. The maximum atomic E-state index is 12.8. The van der Waals surface area contributed by atoms with Crippen molar-refractivity contribution in [3.8, 4) is 10.6 Å². The summed E-state index contributed by atoms with van der Waals surface area (Å²) in [5.41, 5.74) is 0.980. The molecule has 1 saturated carbocycles. The van der Waals surface area contributed by atoms with Crippen LogP contribution in [-0.2, 0) is 4.79 Å². The summed E-state index contributed by atoms with van der Waals surface area (Å²) in [7, 11) is 0. The van der Waals surface area contributed by atoms with Crippen LogP contribution >= 0.6 is 11.3 Å². The van der Waals surface area contributed by atoms with Crippen LogP contribution in [0.2, 0.25) is 0 Å². The minimum Gasteiger partial charge on any atom is -0.481 e. The summed E-state index contributed by atoms with van der Waals surface area (Å²) >= 11 is 1.29. The average molecular weight is 387 g/mol. The summed E-state index contributed by atoms with van der Waals surface area (Å²) in [5, 5.41) is 22.4. The van der Waals surface area contributed by atoms with E-state index in [0.29, 0.717) is 23.0 Å². The number of aliphatic carboxylic acids is 1. The van der Waals surface area contributed by atoms with E-state index >= 15 is 0 Å². The zero-order chi connectivity index (χ0) is 19.1. The number of thiazole rings is 1. The number of aromatic nitrogens is 1. The molecular weight excluding hydrogens is 370 g/mol. The van der Waals surface area contributed by atoms with E-state index in [2.05, 4.69) is 4.98 Å². The Hall–Kier alpha value is -2.81. The van der Waals surface area contributed by atoms with Gasteiger partial charge in [-0.15, -0.1) is 11.3 Å². The Balaban J connectivity index is 1.50. The average Bonchev–Trinajstić information content (AvgIpc) is 3.21. The van der Waals surface area contributed by atoms with E-state index < -0.39 is 16.8 Å². The number of nitro groups is 1. The molecule has 1 aromatic carbocycles. The minimum atomic E-state index is -0.841. The van der Waals surface area contributed by atoms with Gasteiger partial charge in [0.2, 0.25) is 0 Å². The van der Waals surface area contributed by atoms with Gasteiger partial charge in [0.25, 0.3) is 11.6 Å². The smallest absolute Gasteiger partial charge is 0.308 e. The molecule has 0 bridgehead atoms. The molecule has 2 aromatic rings. The van der Waals surface area contributed by atoms with Crippen LogP contribution in [-0.4, -0.2) is 44.9 Å². The fourth-order valence-electron chi connectivity index (χ4n) is 3.65.